The highest BCUT2D eigenvalue weighted by molar-refractivity contribution is 5.92. The lowest BCUT2D eigenvalue weighted by Gasteiger charge is -2.29. The highest BCUT2D eigenvalue weighted by atomic mass is 19.1. The number of hydrogen-bond acceptors (Lipinski definition) is 12. The van der Waals surface area contributed by atoms with Crippen molar-refractivity contribution in [1.29, 1.82) is 0 Å². The number of urea groups is 1. The van der Waals surface area contributed by atoms with Gasteiger partial charge in [0.2, 0.25) is 17.7 Å². The third-order valence-corrected chi connectivity index (χ3v) is 11.5. The second kappa shape index (κ2) is 27.0. The molecular formula is C48H64F2N12O7. The van der Waals surface area contributed by atoms with Gasteiger partial charge >= 0.3 is 6.03 Å². The van der Waals surface area contributed by atoms with E-state index in [1.807, 2.05) is 41.3 Å². The van der Waals surface area contributed by atoms with Gasteiger partial charge in [-0.15, -0.1) is 0 Å². The molecule has 0 saturated heterocycles. The van der Waals surface area contributed by atoms with Gasteiger partial charge in [0.25, 0.3) is 10.9 Å². The number of nitrogens with two attached hydrogens (primary N) is 2. The summed E-state index contributed by atoms with van der Waals surface area (Å²) in [5.74, 6) is -4.35. The van der Waals surface area contributed by atoms with Gasteiger partial charge in [-0.25, -0.2) is 13.6 Å². The number of aromatic hydroxyl groups is 1. The number of rotatable bonds is 28. The van der Waals surface area contributed by atoms with Crippen molar-refractivity contribution in [2.45, 2.75) is 90.0 Å². The van der Waals surface area contributed by atoms with Crippen LogP contribution in [0.25, 0.3) is 0 Å². The molecule has 13 N–H and O–H groups in total. The van der Waals surface area contributed by atoms with E-state index < -0.39 is 70.3 Å². The van der Waals surface area contributed by atoms with E-state index in [9.17, 15) is 42.7 Å². The Morgan fingerprint density at radius 2 is 1.41 bits per heavy atom. The number of benzene rings is 3. The number of aliphatic imine (C=N–C) groups is 1. The van der Waals surface area contributed by atoms with Crippen molar-refractivity contribution in [2.75, 3.05) is 61.8 Å². The molecule has 0 radical (unpaired) electrons. The van der Waals surface area contributed by atoms with Gasteiger partial charge in [0.1, 0.15) is 40.8 Å². The zero-order chi connectivity index (χ0) is 49.7. The molecular weight excluding hydrogens is 895 g/mol. The molecule has 0 unspecified atom stereocenters. The van der Waals surface area contributed by atoms with E-state index in [-0.39, 0.29) is 44.3 Å². The molecule has 0 spiro atoms. The van der Waals surface area contributed by atoms with Crippen LogP contribution in [-0.4, -0.2) is 91.6 Å². The maximum Gasteiger partial charge on any atom is 0.344 e. The number of unbranched alkanes of at least 4 members (excludes halogenated alkanes) is 3. The second-order valence-electron chi connectivity index (χ2n) is 16.6. The zero-order valence-electron chi connectivity index (χ0n) is 38.9. The Balaban J connectivity index is 1.22. The van der Waals surface area contributed by atoms with Crippen LogP contribution >= 0.6 is 0 Å². The summed E-state index contributed by atoms with van der Waals surface area (Å²) < 4.78 is 29.3. The maximum atomic E-state index is 14.6. The van der Waals surface area contributed by atoms with Crippen LogP contribution in [0.1, 0.15) is 86.6 Å². The Kier molecular flexibility index (Phi) is 20.7. The van der Waals surface area contributed by atoms with Crippen molar-refractivity contribution >= 4 is 46.8 Å². The topological polar surface area (TPSA) is 287 Å². The highest BCUT2D eigenvalue weighted by Crippen LogP contribution is 2.35. The molecule has 0 fully saturated rings. The molecule has 69 heavy (non-hydrogen) atoms. The first-order chi connectivity index (χ1) is 33.3. The number of carbonyl (C=O) groups is 4. The Hall–Kier alpha value is -7.13. The lowest BCUT2D eigenvalue weighted by molar-refractivity contribution is -0.132. The summed E-state index contributed by atoms with van der Waals surface area (Å²) in [6.07, 6.45) is 4.99. The molecule has 1 heterocycles. The van der Waals surface area contributed by atoms with Gasteiger partial charge in [0.15, 0.2) is 5.96 Å². The zero-order valence-corrected chi connectivity index (χ0v) is 38.9. The molecule has 21 heteroatoms. The molecule has 4 aromatic carbocycles. The smallest absolute Gasteiger partial charge is 0.344 e. The van der Waals surface area contributed by atoms with Gasteiger partial charge in [0.05, 0.1) is 0 Å². The molecule has 0 aromatic heterocycles. The van der Waals surface area contributed by atoms with Crippen LogP contribution < -0.4 is 64.9 Å². The average Bonchev–Trinajstić information content (AvgIpc) is 3.76. The van der Waals surface area contributed by atoms with Crippen LogP contribution in [0.5, 0.6) is 5.75 Å². The normalized spacial score (nSPS) is 13.2. The number of phenols is 1. The molecule has 4 aromatic rings. The number of nitrogens with one attached hydrogen (secondary N) is 8. The summed E-state index contributed by atoms with van der Waals surface area (Å²) in [5.41, 5.74) is 14.1. The molecule has 19 nitrogen and oxygen atoms in total. The van der Waals surface area contributed by atoms with Crippen molar-refractivity contribution in [3.8, 4) is 5.75 Å². The van der Waals surface area contributed by atoms with E-state index in [1.54, 1.807) is 19.1 Å². The van der Waals surface area contributed by atoms with Crippen molar-refractivity contribution in [3.63, 3.8) is 0 Å². The summed E-state index contributed by atoms with van der Waals surface area (Å²) in [6, 6.07) is 13.6. The van der Waals surface area contributed by atoms with Gasteiger partial charge in [-0.3, -0.25) is 28.9 Å². The van der Waals surface area contributed by atoms with Crippen LogP contribution in [0.2, 0.25) is 0 Å². The fraction of sp³-hybridized carbons (Fsp3) is 0.438. The summed E-state index contributed by atoms with van der Waals surface area (Å²) in [5, 5.41) is 32.6. The van der Waals surface area contributed by atoms with Crippen molar-refractivity contribution in [3.05, 3.63) is 115 Å². The van der Waals surface area contributed by atoms with Crippen molar-refractivity contribution in [1.82, 2.24) is 31.5 Å². The Bertz CT molecular complexity index is 2440. The van der Waals surface area contributed by atoms with Gasteiger partial charge in [-0.2, -0.15) is 4.99 Å². The largest absolute Gasteiger partial charge is 0.508 e. The SMILES string of the molecule is CCC(=O)NCCNC(=O)/N=C(/N)NCCC[C@@H](NC(=O)[C@H](c1ccccc1)N1Cc2cccc(NCCCNc3c(NCCCCCCN)c(=O)c3=O)c2C1)C(=O)NCc1c(F)cc(O)cc1F. The highest BCUT2D eigenvalue weighted by Gasteiger charge is 2.35. The van der Waals surface area contributed by atoms with Crippen LogP contribution in [0.15, 0.2) is 75.2 Å². The Morgan fingerprint density at radius 3 is 2.10 bits per heavy atom. The Morgan fingerprint density at radius 1 is 0.739 bits per heavy atom. The lowest BCUT2D eigenvalue weighted by atomic mass is 10.0. The number of nitrogens with zero attached hydrogens (tertiary/aromatic N) is 2. The number of guanidine groups is 1. The first kappa shape index (κ1) is 52.8. The number of halogens is 2. The first-order valence-corrected chi connectivity index (χ1v) is 23.3. The molecule has 0 saturated carbocycles. The molecule has 0 bridgehead atoms. The molecule has 5 rings (SSSR count). The van der Waals surface area contributed by atoms with E-state index in [4.69, 9.17) is 11.5 Å². The molecule has 372 valence electrons. The third-order valence-electron chi connectivity index (χ3n) is 11.5. The Labute approximate surface area is 399 Å². The summed E-state index contributed by atoms with van der Waals surface area (Å²) >= 11 is 0. The molecule has 5 amide bonds. The number of carbonyl (C=O) groups excluding carboxylic acids is 4. The predicted molar refractivity (Wildman–Crippen MR) is 261 cm³/mol. The van der Waals surface area contributed by atoms with Gasteiger partial charge < -0.3 is 59.1 Å². The van der Waals surface area contributed by atoms with Crippen LogP contribution in [0, 0.1) is 11.6 Å². The van der Waals surface area contributed by atoms with E-state index in [0.29, 0.717) is 69.0 Å². The minimum absolute atomic E-state index is 0.0293. The number of phenolic OH excluding ortho intramolecular Hbond substituents is 1. The second-order valence-corrected chi connectivity index (χ2v) is 16.6. The third kappa shape index (κ3) is 15.7. The first-order valence-electron chi connectivity index (χ1n) is 23.3. The fourth-order valence-corrected chi connectivity index (χ4v) is 7.83. The molecule has 0 aliphatic carbocycles. The fourth-order valence-electron chi connectivity index (χ4n) is 7.83. The number of anilines is 3. The van der Waals surface area contributed by atoms with Gasteiger partial charge in [-0.05, 0) is 61.4 Å². The van der Waals surface area contributed by atoms with Crippen molar-refractivity contribution < 1.29 is 33.1 Å². The summed E-state index contributed by atoms with van der Waals surface area (Å²) in [6.45, 7) is 4.59. The van der Waals surface area contributed by atoms with Crippen molar-refractivity contribution in [2.24, 2.45) is 16.5 Å². The minimum atomic E-state index is -1.20. The molecule has 1 aliphatic rings. The van der Waals surface area contributed by atoms with Gasteiger partial charge in [0, 0.05) is 88.7 Å². The maximum absolute atomic E-state index is 14.6. The van der Waals surface area contributed by atoms with Crippen LogP contribution in [0.4, 0.5) is 30.6 Å². The summed E-state index contributed by atoms with van der Waals surface area (Å²) in [4.78, 5) is 82.2. The van der Waals surface area contributed by atoms with E-state index in [2.05, 4.69) is 47.5 Å². The van der Waals surface area contributed by atoms with Crippen LogP contribution in [-0.2, 0) is 34.0 Å². The molecule has 1 aliphatic heterocycles. The minimum Gasteiger partial charge on any atom is -0.508 e. The van der Waals surface area contributed by atoms with Gasteiger partial charge in [-0.1, -0.05) is 62.2 Å². The lowest BCUT2D eigenvalue weighted by Crippen LogP contribution is -2.50. The van der Waals surface area contributed by atoms with E-state index >= 15 is 0 Å². The average molecular weight is 959 g/mol. The van der Waals surface area contributed by atoms with Crippen LogP contribution in [0.3, 0.4) is 0 Å². The van der Waals surface area contributed by atoms with E-state index in [1.165, 1.54) is 0 Å². The summed E-state index contributed by atoms with van der Waals surface area (Å²) in [7, 11) is 0. The quantitative estimate of drug-likeness (QED) is 0.0169. The predicted octanol–water partition coefficient (Wildman–Crippen LogP) is 2.89. The standard InChI is InChI=1S/C48H64F2N12O7/c1-2-39(64)54-23-24-58-48(69)61-47(52)57-20-11-17-38(45(67)59-27-33-35(49)25-32(63)26-36(33)50)60-46(68)42(30-13-6-5-7-14-30)62-28-31-15-10-16-37(34(31)29-62)53-21-12-22-56-41-40(43(65)44(41)66)55-19-9-4-3-8-18-51/h5-7,10,13-16,25-26,38,42,53,55-56,63H,2-4,8-9,11-12,17-24,27-29,51H2,1H3,(H,54,64)(H,59,67)(H,60,68)(H4,52,57,58,61,69)/t38-,42+/m1/s1. The number of hydrogen-bond donors (Lipinski definition) is 11. The molecule has 2 atom stereocenters. The number of amides is 5. The monoisotopic (exact) mass is 958 g/mol. The van der Waals surface area contributed by atoms with E-state index in [0.717, 1.165) is 54.6 Å². The number of fused-ring (bicyclic) bond motifs is 1.